The van der Waals surface area contributed by atoms with Crippen molar-refractivity contribution in [1.82, 2.24) is 9.97 Å². The lowest BCUT2D eigenvalue weighted by Gasteiger charge is -2.06. The number of ether oxygens (including phenoxy) is 2. The minimum Gasteiger partial charge on any atom is -0.493 e. The van der Waals surface area contributed by atoms with E-state index in [0.29, 0.717) is 17.3 Å². The Kier molecular flexibility index (Phi) is 2.86. The minimum absolute atomic E-state index is 0.0978. The van der Waals surface area contributed by atoms with Crippen molar-refractivity contribution in [2.45, 2.75) is 19.8 Å². The number of aromatic amines is 1. The molecule has 0 spiro atoms. The van der Waals surface area contributed by atoms with Crippen molar-refractivity contribution >= 4 is 17.0 Å². The molecule has 112 valence electrons. The van der Waals surface area contributed by atoms with Crippen LogP contribution in [-0.4, -0.2) is 35.3 Å². The second-order valence-electron chi connectivity index (χ2n) is 5.96. The molecule has 1 aliphatic rings. The van der Waals surface area contributed by atoms with E-state index in [1.165, 1.54) is 0 Å². The monoisotopic (exact) mass is 290 g/mol. The quantitative estimate of drug-likeness (QED) is 0.903. The lowest BCUT2D eigenvalue weighted by molar-refractivity contribution is -0.139. The van der Waals surface area contributed by atoms with E-state index < -0.39 is 11.9 Å². The van der Waals surface area contributed by atoms with Gasteiger partial charge in [-0.15, -0.1) is 0 Å². The normalized spacial score (nSPS) is 23.0. The van der Waals surface area contributed by atoms with Crippen molar-refractivity contribution < 1.29 is 19.4 Å². The number of imidazole rings is 1. The van der Waals surface area contributed by atoms with E-state index in [0.717, 1.165) is 11.0 Å². The van der Waals surface area contributed by atoms with Gasteiger partial charge in [0.15, 0.2) is 11.5 Å². The van der Waals surface area contributed by atoms with E-state index in [2.05, 4.69) is 9.97 Å². The van der Waals surface area contributed by atoms with Crippen LogP contribution < -0.4 is 9.47 Å². The SMILES string of the molecule is COc1cc2nc(C3C(C(=O)O)C3(C)C)[nH]c2cc1OC. The fourth-order valence-electron chi connectivity index (χ4n) is 3.11. The number of aromatic nitrogens is 2. The lowest BCUT2D eigenvalue weighted by Crippen LogP contribution is -2.03. The zero-order valence-electron chi connectivity index (χ0n) is 12.4. The predicted molar refractivity (Wildman–Crippen MR) is 76.8 cm³/mol. The van der Waals surface area contributed by atoms with Crippen molar-refractivity contribution in [2.75, 3.05) is 14.2 Å². The number of fused-ring (bicyclic) bond motifs is 1. The van der Waals surface area contributed by atoms with Crippen LogP contribution in [0.1, 0.15) is 25.6 Å². The molecule has 1 aromatic carbocycles. The number of nitrogens with one attached hydrogen (secondary N) is 1. The van der Waals surface area contributed by atoms with E-state index in [1.807, 2.05) is 19.9 Å². The average molecular weight is 290 g/mol. The molecule has 0 saturated heterocycles. The van der Waals surface area contributed by atoms with Crippen molar-refractivity contribution in [3.05, 3.63) is 18.0 Å². The van der Waals surface area contributed by atoms with Crippen molar-refractivity contribution in [2.24, 2.45) is 11.3 Å². The molecule has 2 aromatic rings. The fraction of sp³-hybridized carbons (Fsp3) is 0.467. The average Bonchev–Trinajstić information content (AvgIpc) is 2.81. The van der Waals surface area contributed by atoms with Gasteiger partial charge in [0, 0.05) is 18.1 Å². The van der Waals surface area contributed by atoms with Crippen molar-refractivity contribution in [3.63, 3.8) is 0 Å². The third-order valence-corrected chi connectivity index (χ3v) is 4.39. The summed E-state index contributed by atoms with van der Waals surface area (Å²) >= 11 is 0. The molecule has 1 saturated carbocycles. The molecule has 1 fully saturated rings. The third kappa shape index (κ3) is 1.93. The molecule has 1 aliphatic carbocycles. The Labute approximate surface area is 122 Å². The van der Waals surface area contributed by atoms with Crippen LogP contribution in [0.2, 0.25) is 0 Å². The smallest absolute Gasteiger partial charge is 0.307 e. The molecule has 0 radical (unpaired) electrons. The van der Waals surface area contributed by atoms with Gasteiger partial charge in [-0.2, -0.15) is 0 Å². The molecule has 1 heterocycles. The zero-order valence-corrected chi connectivity index (χ0v) is 12.4. The standard InChI is InChI=1S/C15H18N2O4/c1-15(2)11(12(15)14(18)19)13-16-7-5-9(20-3)10(21-4)6-8(7)17-13/h5-6,11-12H,1-4H3,(H,16,17)(H,18,19). The van der Waals surface area contributed by atoms with Gasteiger partial charge in [-0.3, -0.25) is 4.79 Å². The summed E-state index contributed by atoms with van der Waals surface area (Å²) in [6, 6.07) is 3.61. The van der Waals surface area contributed by atoms with Gasteiger partial charge in [0.05, 0.1) is 31.2 Å². The molecule has 6 heteroatoms. The van der Waals surface area contributed by atoms with E-state index in [-0.39, 0.29) is 11.3 Å². The first-order valence-electron chi connectivity index (χ1n) is 6.74. The largest absolute Gasteiger partial charge is 0.493 e. The number of nitrogens with zero attached hydrogens (tertiary/aromatic N) is 1. The topological polar surface area (TPSA) is 84.4 Å². The van der Waals surface area contributed by atoms with Gasteiger partial charge in [-0.05, 0) is 5.41 Å². The number of aliphatic carboxylic acids is 1. The molecule has 0 bridgehead atoms. The van der Waals surface area contributed by atoms with E-state index in [1.54, 1.807) is 20.3 Å². The van der Waals surface area contributed by atoms with Crippen molar-refractivity contribution in [1.29, 1.82) is 0 Å². The number of benzene rings is 1. The number of carboxylic acid groups (broad SMARTS) is 1. The Morgan fingerprint density at radius 3 is 2.43 bits per heavy atom. The highest BCUT2D eigenvalue weighted by atomic mass is 16.5. The van der Waals surface area contributed by atoms with Crippen LogP contribution in [0.15, 0.2) is 12.1 Å². The molecule has 0 amide bonds. The van der Waals surface area contributed by atoms with E-state index in [9.17, 15) is 9.90 Å². The molecule has 2 N–H and O–H groups in total. The second-order valence-corrected chi connectivity index (χ2v) is 5.96. The van der Waals surface area contributed by atoms with Crippen LogP contribution >= 0.6 is 0 Å². The molecule has 1 aromatic heterocycles. The van der Waals surface area contributed by atoms with Gasteiger partial charge >= 0.3 is 5.97 Å². The number of rotatable bonds is 4. The first-order chi connectivity index (χ1) is 9.90. The molecular formula is C15H18N2O4. The van der Waals surface area contributed by atoms with Crippen LogP contribution in [0.3, 0.4) is 0 Å². The lowest BCUT2D eigenvalue weighted by atomic mass is 10.1. The molecule has 21 heavy (non-hydrogen) atoms. The van der Waals surface area contributed by atoms with Gasteiger partial charge in [0.1, 0.15) is 5.82 Å². The Bertz CT molecular complexity index is 679. The highest BCUT2D eigenvalue weighted by molar-refractivity contribution is 5.81. The summed E-state index contributed by atoms with van der Waals surface area (Å²) in [6.07, 6.45) is 0. The number of hydrogen-bond acceptors (Lipinski definition) is 4. The predicted octanol–water partition coefficient (Wildman–Crippen LogP) is 2.40. The first kappa shape index (κ1) is 13.7. The Morgan fingerprint density at radius 2 is 1.90 bits per heavy atom. The zero-order chi connectivity index (χ0) is 15.4. The second kappa shape index (κ2) is 4.38. The van der Waals surface area contributed by atoms with Crippen LogP contribution in [0.5, 0.6) is 11.5 Å². The Hall–Kier alpha value is -2.24. The molecule has 2 unspecified atom stereocenters. The maximum atomic E-state index is 11.3. The Morgan fingerprint density at radius 1 is 1.29 bits per heavy atom. The molecule has 2 atom stereocenters. The number of H-pyrrole nitrogens is 1. The first-order valence-corrected chi connectivity index (χ1v) is 6.74. The van der Waals surface area contributed by atoms with Gasteiger partial charge in [-0.25, -0.2) is 4.98 Å². The van der Waals surface area contributed by atoms with E-state index >= 15 is 0 Å². The summed E-state index contributed by atoms with van der Waals surface area (Å²) in [5.74, 6) is 0.650. The summed E-state index contributed by atoms with van der Waals surface area (Å²) in [5.41, 5.74) is 1.28. The molecule has 0 aliphatic heterocycles. The summed E-state index contributed by atoms with van der Waals surface area (Å²) in [6.45, 7) is 3.90. The summed E-state index contributed by atoms with van der Waals surface area (Å²) in [7, 11) is 3.15. The third-order valence-electron chi connectivity index (χ3n) is 4.39. The minimum atomic E-state index is -0.777. The molecular weight excluding hydrogens is 272 g/mol. The van der Waals surface area contributed by atoms with Crippen molar-refractivity contribution in [3.8, 4) is 11.5 Å². The van der Waals surface area contributed by atoms with Gasteiger partial charge < -0.3 is 19.6 Å². The summed E-state index contributed by atoms with van der Waals surface area (Å²) in [5, 5.41) is 9.28. The maximum Gasteiger partial charge on any atom is 0.307 e. The highest BCUT2D eigenvalue weighted by Crippen LogP contribution is 2.63. The van der Waals surface area contributed by atoms with Crippen LogP contribution in [-0.2, 0) is 4.79 Å². The maximum absolute atomic E-state index is 11.3. The van der Waals surface area contributed by atoms with Crippen LogP contribution in [0, 0.1) is 11.3 Å². The van der Waals surface area contributed by atoms with Gasteiger partial charge in [0.2, 0.25) is 0 Å². The molecule has 6 nitrogen and oxygen atoms in total. The molecule has 3 rings (SSSR count). The van der Waals surface area contributed by atoms with Gasteiger partial charge in [-0.1, -0.05) is 13.8 Å². The van der Waals surface area contributed by atoms with Gasteiger partial charge in [0.25, 0.3) is 0 Å². The summed E-state index contributed by atoms with van der Waals surface area (Å²) in [4.78, 5) is 19.0. The van der Waals surface area contributed by atoms with Crippen LogP contribution in [0.4, 0.5) is 0 Å². The van der Waals surface area contributed by atoms with E-state index in [4.69, 9.17) is 9.47 Å². The van der Waals surface area contributed by atoms with Crippen LogP contribution in [0.25, 0.3) is 11.0 Å². The number of methoxy groups -OCH3 is 2. The number of hydrogen-bond donors (Lipinski definition) is 2. The summed E-state index contributed by atoms with van der Waals surface area (Å²) < 4.78 is 10.5. The highest BCUT2D eigenvalue weighted by Gasteiger charge is 2.64. The number of carbonyl (C=O) groups is 1. The Balaban J connectivity index is 2.05. The fourth-order valence-corrected chi connectivity index (χ4v) is 3.11. The number of carboxylic acids is 1.